The first-order valence-electron chi connectivity index (χ1n) is 7.76. The molecule has 0 amide bonds. The molecule has 0 bridgehead atoms. The van der Waals surface area contributed by atoms with Gasteiger partial charge in [-0.15, -0.1) is 0 Å². The maximum Gasteiger partial charge on any atom is 0.133 e. The lowest BCUT2D eigenvalue weighted by molar-refractivity contribution is -0.107. The van der Waals surface area contributed by atoms with Gasteiger partial charge in [0, 0.05) is 36.4 Å². The first-order chi connectivity index (χ1) is 10.1. The summed E-state index contributed by atoms with van der Waals surface area (Å²) in [5.74, 6) is 2.58. The van der Waals surface area contributed by atoms with Crippen LogP contribution in [0.2, 0.25) is 0 Å². The fourth-order valence-electron chi connectivity index (χ4n) is 3.09. The van der Waals surface area contributed by atoms with E-state index in [1.807, 2.05) is 11.8 Å². The Morgan fingerprint density at radius 2 is 2.29 bits per heavy atom. The molecule has 0 aliphatic carbocycles. The molecule has 0 spiro atoms. The van der Waals surface area contributed by atoms with Gasteiger partial charge in [0.15, 0.2) is 0 Å². The van der Waals surface area contributed by atoms with Crippen LogP contribution in [0.1, 0.15) is 27.2 Å². The van der Waals surface area contributed by atoms with Gasteiger partial charge in [-0.1, -0.05) is 39.1 Å². The Hall–Kier alpha value is -0.390. The molecule has 118 valence electrons. The maximum absolute atomic E-state index is 11.4. The van der Waals surface area contributed by atoms with Crippen molar-refractivity contribution in [3.63, 3.8) is 0 Å². The van der Waals surface area contributed by atoms with E-state index in [0.717, 1.165) is 37.3 Å². The Labute approximate surface area is 137 Å². The summed E-state index contributed by atoms with van der Waals surface area (Å²) in [5, 5.41) is 4.92. The van der Waals surface area contributed by atoms with E-state index in [-0.39, 0.29) is 5.25 Å². The van der Waals surface area contributed by atoms with Gasteiger partial charge >= 0.3 is 0 Å². The van der Waals surface area contributed by atoms with Gasteiger partial charge in [0.1, 0.15) is 6.29 Å². The van der Waals surface area contributed by atoms with Crippen molar-refractivity contribution >= 4 is 29.8 Å². The summed E-state index contributed by atoms with van der Waals surface area (Å²) in [5.41, 5.74) is 2.61. The molecule has 2 rings (SSSR count). The van der Waals surface area contributed by atoms with Crippen molar-refractivity contribution in [2.45, 2.75) is 38.5 Å². The van der Waals surface area contributed by atoms with Crippen molar-refractivity contribution in [3.8, 4) is 0 Å². The van der Waals surface area contributed by atoms with Crippen LogP contribution in [0.4, 0.5) is 0 Å². The number of nitrogens with one attached hydrogen (secondary N) is 1. The van der Waals surface area contributed by atoms with E-state index >= 15 is 0 Å². The third kappa shape index (κ3) is 3.51. The van der Waals surface area contributed by atoms with Gasteiger partial charge in [-0.2, -0.15) is 11.8 Å². The molecule has 0 saturated heterocycles. The number of hydrogen-bond acceptors (Lipinski definition) is 5. The normalized spacial score (nSPS) is 29.0. The monoisotopic (exact) mass is 326 g/mol. The molecular weight excluding hydrogens is 300 g/mol. The molecule has 0 aromatic rings. The Balaban J connectivity index is 2.24. The van der Waals surface area contributed by atoms with E-state index in [1.54, 1.807) is 11.8 Å². The number of rotatable bonds is 7. The third-order valence-corrected chi connectivity index (χ3v) is 6.52. The highest BCUT2D eigenvalue weighted by molar-refractivity contribution is 8.04. The summed E-state index contributed by atoms with van der Waals surface area (Å²) in [4.78, 5) is 13.7. The predicted molar refractivity (Wildman–Crippen MR) is 94.6 cm³/mol. The fourth-order valence-corrected chi connectivity index (χ4v) is 5.17. The highest BCUT2D eigenvalue weighted by Gasteiger charge is 2.41. The number of nitrogens with zero attached hydrogens (tertiary/aromatic N) is 1. The first-order valence-corrected chi connectivity index (χ1v) is 9.79. The second-order valence-corrected chi connectivity index (χ2v) is 8.06. The van der Waals surface area contributed by atoms with Crippen molar-refractivity contribution < 1.29 is 4.79 Å². The smallest absolute Gasteiger partial charge is 0.133 e. The number of thioether (sulfide) groups is 2. The summed E-state index contributed by atoms with van der Waals surface area (Å²) in [6.45, 7) is 12.7. The van der Waals surface area contributed by atoms with Gasteiger partial charge < -0.3 is 15.0 Å². The zero-order chi connectivity index (χ0) is 15.4. The zero-order valence-corrected chi connectivity index (χ0v) is 14.9. The molecule has 2 aliphatic rings. The number of carbonyl (C=O) groups is 1. The van der Waals surface area contributed by atoms with Crippen LogP contribution in [0.15, 0.2) is 22.9 Å². The lowest BCUT2D eigenvalue weighted by Crippen LogP contribution is -2.41. The molecule has 3 nitrogen and oxygen atoms in total. The predicted octanol–water partition coefficient (Wildman–Crippen LogP) is 3.10. The standard InChI is InChI=1S/C16H26N2OS2/c1-5-17-13-9-11(3)18(7-8-20-6-2)16-15(13)12(4)14(10-19)21-16/h10,12-14,17H,3,5-9H2,1-2,4H3. The third-order valence-electron chi connectivity index (χ3n) is 4.17. The summed E-state index contributed by atoms with van der Waals surface area (Å²) in [6, 6.07) is 0.347. The van der Waals surface area contributed by atoms with Crippen molar-refractivity contribution in [2.24, 2.45) is 5.92 Å². The fraction of sp³-hybridized carbons (Fsp3) is 0.688. The molecule has 2 aliphatic heterocycles. The number of carbonyl (C=O) groups excluding carboxylic acids is 1. The van der Waals surface area contributed by atoms with Gasteiger partial charge in [-0.3, -0.25) is 0 Å². The van der Waals surface area contributed by atoms with E-state index < -0.39 is 0 Å². The van der Waals surface area contributed by atoms with E-state index in [0.29, 0.717) is 12.0 Å². The average Bonchev–Trinajstić information content (AvgIpc) is 2.79. The van der Waals surface area contributed by atoms with Crippen LogP contribution in [0.5, 0.6) is 0 Å². The number of aldehydes is 1. The molecule has 2 heterocycles. The topological polar surface area (TPSA) is 32.3 Å². The zero-order valence-electron chi connectivity index (χ0n) is 13.2. The second kappa shape index (κ2) is 7.75. The van der Waals surface area contributed by atoms with Gasteiger partial charge in [0.25, 0.3) is 0 Å². The van der Waals surface area contributed by atoms with Crippen LogP contribution < -0.4 is 5.32 Å². The quantitative estimate of drug-likeness (QED) is 0.574. The molecule has 3 atom stereocenters. The van der Waals surface area contributed by atoms with Crippen LogP contribution in [-0.2, 0) is 4.79 Å². The van der Waals surface area contributed by atoms with Crippen molar-refractivity contribution in [1.29, 1.82) is 0 Å². The van der Waals surface area contributed by atoms with Crippen molar-refractivity contribution in [3.05, 3.63) is 22.9 Å². The Bertz CT molecular complexity index is 436. The van der Waals surface area contributed by atoms with Crippen LogP contribution >= 0.6 is 23.5 Å². The Morgan fingerprint density at radius 1 is 1.52 bits per heavy atom. The van der Waals surface area contributed by atoms with Crippen LogP contribution in [-0.4, -0.2) is 47.1 Å². The minimum atomic E-state index is 0.0587. The molecule has 0 fully saturated rings. The van der Waals surface area contributed by atoms with Gasteiger partial charge in [0.05, 0.1) is 10.3 Å². The van der Waals surface area contributed by atoms with E-state index in [2.05, 4.69) is 37.6 Å². The van der Waals surface area contributed by atoms with Gasteiger partial charge in [-0.25, -0.2) is 0 Å². The molecule has 0 saturated carbocycles. The average molecular weight is 327 g/mol. The number of likely N-dealkylation sites (N-methyl/N-ethyl adjacent to an activating group) is 1. The minimum Gasteiger partial charge on any atom is -0.340 e. The van der Waals surface area contributed by atoms with Crippen LogP contribution in [0, 0.1) is 5.92 Å². The maximum atomic E-state index is 11.4. The molecular formula is C16H26N2OS2. The van der Waals surface area contributed by atoms with Crippen molar-refractivity contribution in [2.75, 3.05) is 24.6 Å². The Kier molecular flexibility index (Phi) is 6.26. The molecule has 0 aromatic carbocycles. The molecule has 5 heteroatoms. The number of hydrogen-bond donors (Lipinski definition) is 1. The Morgan fingerprint density at radius 3 is 2.90 bits per heavy atom. The molecule has 0 radical (unpaired) electrons. The van der Waals surface area contributed by atoms with E-state index in [4.69, 9.17) is 0 Å². The highest BCUT2D eigenvalue weighted by Crippen LogP contribution is 2.49. The first kappa shape index (κ1) is 17.0. The summed E-state index contributed by atoms with van der Waals surface area (Å²) in [6.07, 6.45) is 2.07. The van der Waals surface area contributed by atoms with Crippen molar-refractivity contribution in [1.82, 2.24) is 10.2 Å². The largest absolute Gasteiger partial charge is 0.340 e. The van der Waals surface area contributed by atoms with Crippen LogP contribution in [0.3, 0.4) is 0 Å². The molecule has 3 unspecified atom stereocenters. The van der Waals surface area contributed by atoms with E-state index in [1.165, 1.54) is 16.3 Å². The van der Waals surface area contributed by atoms with Crippen LogP contribution in [0.25, 0.3) is 0 Å². The lowest BCUT2D eigenvalue weighted by atomic mass is 9.87. The van der Waals surface area contributed by atoms with E-state index in [9.17, 15) is 4.79 Å². The lowest BCUT2D eigenvalue weighted by Gasteiger charge is -2.37. The molecule has 1 N–H and O–H groups in total. The minimum absolute atomic E-state index is 0.0587. The SMILES string of the molecule is C=C1CC(NCC)C2=C(SC(C=O)C2C)N1CCSCC. The summed E-state index contributed by atoms with van der Waals surface area (Å²) in [7, 11) is 0. The molecule has 21 heavy (non-hydrogen) atoms. The molecule has 0 aromatic heterocycles. The summed E-state index contributed by atoms with van der Waals surface area (Å²) < 4.78 is 0. The van der Waals surface area contributed by atoms with Gasteiger partial charge in [0.2, 0.25) is 0 Å². The second-order valence-electron chi connectivity index (χ2n) is 5.50. The van der Waals surface area contributed by atoms with Gasteiger partial charge in [-0.05, 0) is 17.9 Å². The summed E-state index contributed by atoms with van der Waals surface area (Å²) >= 11 is 3.69. The highest BCUT2D eigenvalue weighted by atomic mass is 32.2.